The Hall–Kier alpha value is -10.1. The first kappa shape index (κ1) is 66.3. The number of carbonyl (C=O) groups is 4. The monoisotopic (exact) mass is 1220 g/mol. The van der Waals surface area contributed by atoms with Crippen LogP contribution in [-0.2, 0) is 47.3 Å². The number of fused-ring (bicyclic) bond motifs is 8. The molecule has 0 aliphatic heterocycles. The molecule has 464 valence electrons. The van der Waals surface area contributed by atoms with Crippen molar-refractivity contribution in [2.24, 2.45) is 0 Å². The predicted molar refractivity (Wildman–Crippen MR) is 368 cm³/mol. The first-order chi connectivity index (χ1) is 43.8. The van der Waals surface area contributed by atoms with Gasteiger partial charge in [0.1, 0.15) is 49.4 Å². The van der Waals surface area contributed by atoms with Crippen molar-refractivity contribution in [1.29, 1.82) is 0 Å². The van der Waals surface area contributed by atoms with E-state index >= 15 is 0 Å². The van der Waals surface area contributed by atoms with Crippen molar-refractivity contribution >= 4 is 23.1 Å². The molecule has 8 aromatic rings. The Morgan fingerprint density at radius 2 is 0.446 bits per heavy atom. The highest BCUT2D eigenvalue weighted by Crippen LogP contribution is 2.44. The molecule has 0 heterocycles. The van der Waals surface area contributed by atoms with Crippen LogP contribution in [0.15, 0.2) is 170 Å². The number of ether oxygens (including phenoxy) is 4. The maximum absolute atomic E-state index is 13.5. The lowest BCUT2D eigenvalue weighted by Gasteiger charge is -2.29. The van der Waals surface area contributed by atoms with E-state index in [4.69, 9.17) is 18.9 Å². The summed E-state index contributed by atoms with van der Waals surface area (Å²) in [6, 6.07) is 53.6. The van der Waals surface area contributed by atoms with Crippen molar-refractivity contribution in [1.82, 2.24) is 0 Å². The second-order valence-electron chi connectivity index (χ2n) is 27.3. The summed E-state index contributed by atoms with van der Waals surface area (Å²) in [5.41, 5.74) is 11.6. The van der Waals surface area contributed by atoms with Crippen molar-refractivity contribution in [2.75, 3.05) is 26.4 Å². The summed E-state index contributed by atoms with van der Waals surface area (Å²) < 4.78 is 28.1. The lowest BCUT2D eigenvalue weighted by atomic mass is 9.79. The summed E-state index contributed by atoms with van der Waals surface area (Å²) in [7, 11) is 0. The minimum absolute atomic E-state index is 0.102. The molecule has 8 bridgehead atoms. The van der Waals surface area contributed by atoms with Crippen LogP contribution in [0.25, 0.3) is 0 Å². The third-order valence-electron chi connectivity index (χ3n) is 16.1. The molecule has 0 aromatic heterocycles. The number of Topliss-reactive ketones (excluding diaryl/α,β-unsaturated/α-hetero) is 4. The van der Waals surface area contributed by atoms with Gasteiger partial charge in [-0.1, -0.05) is 277 Å². The van der Waals surface area contributed by atoms with Crippen LogP contribution in [0.3, 0.4) is 0 Å². The molecule has 0 saturated heterocycles. The normalized spacial score (nSPS) is 12.0. The lowest BCUT2D eigenvalue weighted by Crippen LogP contribution is -2.18. The molecule has 0 atom stereocenters. The van der Waals surface area contributed by atoms with Crippen LogP contribution in [0.4, 0.5) is 0 Å². The largest absolute Gasteiger partial charge is 0.480 e. The zero-order valence-electron chi connectivity index (χ0n) is 55.1. The van der Waals surface area contributed by atoms with E-state index in [9.17, 15) is 19.2 Å². The molecule has 0 N–H and O–H groups in total. The number of carbonyl (C=O) groups excluding carboxylic acids is 4. The average Bonchev–Trinajstić information content (AvgIpc) is 0.792. The van der Waals surface area contributed by atoms with E-state index < -0.39 is 0 Å². The number of ketones is 4. The third kappa shape index (κ3) is 17.2. The molecule has 0 radical (unpaired) electrons. The molecule has 9 rings (SSSR count). The first-order valence-corrected chi connectivity index (χ1v) is 31.3. The van der Waals surface area contributed by atoms with E-state index in [1.165, 1.54) is 0 Å². The zero-order chi connectivity index (χ0) is 65.8. The highest BCUT2D eigenvalue weighted by Gasteiger charge is 2.30. The predicted octanol–water partition coefficient (Wildman–Crippen LogP) is 16.6. The molecule has 1 aliphatic rings. The molecule has 0 fully saturated rings. The van der Waals surface area contributed by atoms with Gasteiger partial charge in [0.2, 0.25) is 23.1 Å². The van der Waals surface area contributed by atoms with Gasteiger partial charge in [-0.05, 0) is 112 Å². The van der Waals surface area contributed by atoms with Crippen molar-refractivity contribution in [3.8, 4) is 70.4 Å². The van der Waals surface area contributed by atoms with Crippen LogP contribution >= 0.6 is 0 Å². The van der Waals surface area contributed by atoms with Gasteiger partial charge in [0.05, 0.1) is 0 Å². The van der Waals surface area contributed by atoms with E-state index in [1.807, 2.05) is 72.8 Å². The molecule has 8 heteroatoms. The van der Waals surface area contributed by atoms with E-state index in [-0.39, 0.29) is 71.2 Å². The van der Waals surface area contributed by atoms with Crippen LogP contribution in [0.1, 0.15) is 191 Å². The molecular formula is C84H80O8. The second kappa shape index (κ2) is 28.8. The first-order valence-electron chi connectivity index (χ1n) is 31.3. The summed E-state index contributed by atoms with van der Waals surface area (Å²) in [5, 5.41) is 0. The molecule has 1 aliphatic carbocycles. The quantitative estimate of drug-likeness (QED) is 0.0677. The topological polar surface area (TPSA) is 105 Å². The van der Waals surface area contributed by atoms with Crippen molar-refractivity contribution in [2.45, 2.75) is 130 Å². The van der Waals surface area contributed by atoms with Gasteiger partial charge < -0.3 is 18.9 Å². The van der Waals surface area contributed by atoms with Gasteiger partial charge >= 0.3 is 0 Å². The highest BCUT2D eigenvalue weighted by atomic mass is 16.5. The van der Waals surface area contributed by atoms with Crippen molar-refractivity contribution in [3.63, 3.8) is 0 Å². The Kier molecular flexibility index (Phi) is 20.8. The molecule has 0 unspecified atom stereocenters. The van der Waals surface area contributed by atoms with Crippen LogP contribution in [0.5, 0.6) is 23.0 Å². The number of hydrogen-bond acceptors (Lipinski definition) is 8. The molecule has 8 nitrogen and oxygen atoms in total. The minimum Gasteiger partial charge on any atom is -0.480 e. The third-order valence-corrected chi connectivity index (χ3v) is 16.1. The fraction of sp³-hybridized carbons (Fsp3) is 0.286. The number of benzene rings is 8. The maximum atomic E-state index is 13.5. The molecule has 8 aromatic carbocycles. The van der Waals surface area contributed by atoms with Gasteiger partial charge in [0, 0.05) is 47.9 Å². The highest BCUT2D eigenvalue weighted by molar-refractivity contribution is 6.10. The lowest BCUT2D eigenvalue weighted by molar-refractivity contribution is 0.104. The summed E-state index contributed by atoms with van der Waals surface area (Å²) in [4.78, 5) is 53.8. The van der Waals surface area contributed by atoms with Gasteiger partial charge in [-0.25, -0.2) is 0 Å². The molecule has 0 spiro atoms. The zero-order valence-corrected chi connectivity index (χ0v) is 55.1. The Balaban J connectivity index is 1.33. The average molecular weight is 1220 g/mol. The minimum atomic E-state index is -0.356. The smallest absolute Gasteiger partial charge is 0.236 e. The Bertz CT molecular complexity index is 3670. The van der Waals surface area contributed by atoms with Gasteiger partial charge in [0.15, 0.2) is 0 Å². The number of hydrogen-bond donors (Lipinski definition) is 0. The van der Waals surface area contributed by atoms with E-state index in [2.05, 4.69) is 179 Å². The van der Waals surface area contributed by atoms with Crippen LogP contribution in [0.2, 0.25) is 0 Å². The van der Waals surface area contributed by atoms with Crippen molar-refractivity contribution < 1.29 is 38.1 Å². The summed E-state index contributed by atoms with van der Waals surface area (Å²) >= 11 is 0. The molecule has 0 saturated carbocycles. The fourth-order valence-electron chi connectivity index (χ4n) is 10.9. The molecule has 0 amide bonds. The van der Waals surface area contributed by atoms with Gasteiger partial charge in [-0.2, -0.15) is 0 Å². The molecule has 92 heavy (non-hydrogen) atoms. The van der Waals surface area contributed by atoms with Crippen LogP contribution in [-0.4, -0.2) is 49.6 Å². The summed E-state index contributed by atoms with van der Waals surface area (Å²) in [6.07, 6.45) is 1.26. The standard InChI is InChI=1S/C84H80O8/c1-81(2,3)69-49-61-45-63-51-70(82(4,5)6)53-65(78(63)90-42-26-38-74(86)58-31-19-14-20-32-58)47-67-55-72(84(10,11)12)56-68(80(67)92-44-28-40-76(88)60-35-23-16-24-36-60)48-66-54-71(83(7,8)9)52-64(79(66)91-43-27-39-75(87)59-33-21-15-22-34-59)46-62(50-69)77(61)89-41-25-37-73(85)57-29-17-13-18-30-57/h13-24,29-36,49-56H,41-48H2,1-12H3. The van der Waals surface area contributed by atoms with Gasteiger partial charge in [0.25, 0.3) is 0 Å². The SMILES string of the molecule is CC(C)(C)c1cc2c(OCC#CC(=O)c3ccccc3)c(c1)Cc1cc(C(C)(C)C)cc(c1OCC#CC(=O)c1ccccc1)Cc1cc(C(C)(C)C)cc(c1OCC#CC(=O)c1ccccc1)Cc1cc(C(C)(C)C)cc(c1OCC#CC(=O)c1ccccc1)C2. The van der Waals surface area contributed by atoms with E-state index in [0.29, 0.717) is 70.9 Å². The summed E-state index contributed by atoms with van der Waals surface area (Å²) in [5.74, 6) is 24.7. The Labute approximate surface area is 544 Å². The Morgan fingerprint density at radius 1 is 0.283 bits per heavy atom. The van der Waals surface area contributed by atoms with Crippen LogP contribution in [0, 0.1) is 47.4 Å². The fourth-order valence-corrected chi connectivity index (χ4v) is 10.9. The van der Waals surface area contributed by atoms with E-state index in [0.717, 1.165) is 66.8 Å². The van der Waals surface area contributed by atoms with Gasteiger partial charge in [-0.15, -0.1) is 0 Å². The van der Waals surface area contributed by atoms with E-state index in [1.54, 1.807) is 48.5 Å². The maximum Gasteiger partial charge on any atom is 0.236 e. The molecular weight excluding hydrogens is 1140 g/mol. The number of rotatable bonds is 12. The van der Waals surface area contributed by atoms with Crippen LogP contribution < -0.4 is 18.9 Å². The summed E-state index contributed by atoms with van der Waals surface area (Å²) in [6.45, 7) is 25.9. The van der Waals surface area contributed by atoms with Gasteiger partial charge in [-0.3, -0.25) is 19.2 Å². The van der Waals surface area contributed by atoms with Crippen molar-refractivity contribution in [3.05, 3.63) is 259 Å². The second-order valence-corrected chi connectivity index (χ2v) is 27.3. The Morgan fingerprint density at radius 3 is 0.598 bits per heavy atom.